The van der Waals surface area contributed by atoms with Crippen molar-refractivity contribution in [2.45, 2.75) is 244 Å². The molecule has 0 aliphatic carbocycles. The average Bonchev–Trinajstić information content (AvgIpc) is 3.30. The molecular weight excluding hydrogens is 783 g/mol. The summed E-state index contributed by atoms with van der Waals surface area (Å²) in [5.41, 5.74) is 0. The Balaban J connectivity index is 3.66. The molecule has 0 saturated heterocycles. The second kappa shape index (κ2) is 54.1. The van der Waals surface area contributed by atoms with Crippen LogP contribution in [-0.4, -0.2) is 34.9 Å². The molecule has 0 aromatic heterocycles. The molecule has 0 aromatic rings. The minimum absolute atomic E-state index is 0.0599. The number of aliphatic hydroxyl groups excluding tert-OH is 2. The minimum atomic E-state index is -0.679. The molecule has 64 heavy (non-hydrogen) atoms. The maximum atomic E-state index is 12.5. The monoisotopic (exact) mass is 884 g/mol. The van der Waals surface area contributed by atoms with Gasteiger partial charge in [-0.15, -0.1) is 0 Å². The van der Waals surface area contributed by atoms with Crippen LogP contribution in [0.3, 0.4) is 0 Å². The number of carbonyl (C=O) groups is 1. The van der Waals surface area contributed by atoms with Gasteiger partial charge < -0.3 is 15.5 Å². The van der Waals surface area contributed by atoms with Gasteiger partial charge in [0.2, 0.25) is 5.91 Å². The van der Waals surface area contributed by atoms with Crippen LogP contribution in [0.2, 0.25) is 0 Å². The van der Waals surface area contributed by atoms with Crippen molar-refractivity contribution < 1.29 is 15.0 Å². The third-order valence-corrected chi connectivity index (χ3v) is 11.5. The van der Waals surface area contributed by atoms with Gasteiger partial charge in [-0.05, 0) is 89.9 Å². The van der Waals surface area contributed by atoms with Crippen molar-refractivity contribution in [1.82, 2.24) is 5.32 Å². The summed E-state index contributed by atoms with van der Waals surface area (Å²) in [7, 11) is 0. The van der Waals surface area contributed by atoms with Gasteiger partial charge in [0, 0.05) is 6.42 Å². The summed E-state index contributed by atoms with van der Waals surface area (Å²) in [6, 6.07) is -0.559. The minimum Gasteiger partial charge on any atom is -0.394 e. The van der Waals surface area contributed by atoms with Gasteiger partial charge >= 0.3 is 0 Å². The van der Waals surface area contributed by atoms with E-state index in [-0.39, 0.29) is 12.5 Å². The molecule has 0 heterocycles. The van der Waals surface area contributed by atoms with Crippen molar-refractivity contribution in [3.63, 3.8) is 0 Å². The first-order chi connectivity index (χ1) is 31.7. The lowest BCUT2D eigenvalue weighted by molar-refractivity contribution is -0.123. The number of aliphatic hydroxyl groups is 2. The summed E-state index contributed by atoms with van der Waals surface area (Å²) >= 11 is 0. The quantitative estimate of drug-likeness (QED) is 0.0421. The number of unbranched alkanes of at least 4 members (excludes halogenated alkanes) is 20. The molecule has 2 unspecified atom stereocenters. The van der Waals surface area contributed by atoms with Gasteiger partial charge in [0.1, 0.15) is 0 Å². The summed E-state index contributed by atoms with van der Waals surface area (Å²) < 4.78 is 0. The van der Waals surface area contributed by atoms with Crippen molar-refractivity contribution in [2.24, 2.45) is 0 Å². The third-order valence-electron chi connectivity index (χ3n) is 11.5. The Kier molecular flexibility index (Phi) is 51.4. The summed E-state index contributed by atoms with van der Waals surface area (Å²) in [4.78, 5) is 12.5. The standard InChI is InChI=1S/C60H101NO3/c1-3-5-7-9-11-13-15-17-19-21-22-23-24-25-26-27-28-29-30-31-32-33-34-35-36-37-38-40-42-44-46-48-50-52-54-56-60(64)61-58(57-62)59(63)55-53-51-49-47-45-43-41-39-20-18-16-14-12-10-8-6-4-2/h5,7,11,13,17,19,22-23,25-26,28-29,31-32,34-35,37-38,42,44,58-59,62-63H,3-4,6,8-10,12,14-16,18,20-21,24,27,30,33,36,39-41,43,45-57H2,1-2H3,(H,61,64)/b7-5-,13-11-,19-17-,23-22-,26-25-,29-28-,32-31-,35-34-,38-37-,44-42-. The highest BCUT2D eigenvalue weighted by atomic mass is 16.3. The SMILES string of the molecule is CC/C=C\C/C=C\C/C=C\C/C=C\C/C=C\C/C=C\C/C=C\C/C=C\C/C=C\C/C=C\CCCCCCC(=O)NC(CO)C(O)CCCCCCCCCCCCCCCCCCC. The van der Waals surface area contributed by atoms with Crippen LogP contribution in [0, 0.1) is 0 Å². The highest BCUT2D eigenvalue weighted by Crippen LogP contribution is 2.16. The molecule has 0 rings (SSSR count). The lowest BCUT2D eigenvalue weighted by Crippen LogP contribution is -2.45. The van der Waals surface area contributed by atoms with E-state index < -0.39 is 12.1 Å². The van der Waals surface area contributed by atoms with Crippen LogP contribution < -0.4 is 5.32 Å². The zero-order valence-corrected chi connectivity index (χ0v) is 41.8. The fourth-order valence-electron chi connectivity index (χ4n) is 7.45. The van der Waals surface area contributed by atoms with Gasteiger partial charge in [-0.3, -0.25) is 4.79 Å². The smallest absolute Gasteiger partial charge is 0.220 e. The van der Waals surface area contributed by atoms with Crippen LogP contribution in [0.25, 0.3) is 0 Å². The van der Waals surface area contributed by atoms with E-state index >= 15 is 0 Å². The first-order valence-corrected chi connectivity index (χ1v) is 26.7. The molecule has 3 N–H and O–H groups in total. The van der Waals surface area contributed by atoms with E-state index in [1.54, 1.807) is 0 Å². The molecule has 0 spiro atoms. The Morgan fingerprint density at radius 3 is 1.03 bits per heavy atom. The molecule has 0 aliphatic heterocycles. The normalized spacial score (nSPS) is 13.9. The van der Waals surface area contributed by atoms with Gasteiger partial charge in [-0.1, -0.05) is 257 Å². The second-order valence-electron chi connectivity index (χ2n) is 17.6. The van der Waals surface area contributed by atoms with Gasteiger partial charge in [0.25, 0.3) is 0 Å². The van der Waals surface area contributed by atoms with E-state index in [1.165, 1.54) is 96.3 Å². The Morgan fingerprint density at radius 2 is 0.688 bits per heavy atom. The van der Waals surface area contributed by atoms with E-state index in [9.17, 15) is 15.0 Å². The fourth-order valence-corrected chi connectivity index (χ4v) is 7.45. The van der Waals surface area contributed by atoms with Crippen LogP contribution >= 0.6 is 0 Å². The largest absolute Gasteiger partial charge is 0.394 e. The molecule has 364 valence electrons. The highest BCUT2D eigenvalue weighted by Gasteiger charge is 2.20. The average molecular weight is 884 g/mol. The van der Waals surface area contributed by atoms with E-state index in [0.29, 0.717) is 12.8 Å². The predicted octanol–water partition coefficient (Wildman–Crippen LogP) is 17.7. The summed E-state index contributed by atoms with van der Waals surface area (Å²) in [5.74, 6) is -0.0599. The Labute approximate surface area is 397 Å². The summed E-state index contributed by atoms with van der Waals surface area (Å²) in [5, 5.41) is 23.3. The zero-order chi connectivity index (χ0) is 46.3. The van der Waals surface area contributed by atoms with Crippen LogP contribution in [-0.2, 0) is 4.79 Å². The number of hydrogen-bond donors (Lipinski definition) is 3. The predicted molar refractivity (Wildman–Crippen MR) is 285 cm³/mol. The number of amides is 1. The third kappa shape index (κ3) is 49.8. The number of rotatable bonds is 47. The van der Waals surface area contributed by atoms with E-state index in [0.717, 1.165) is 109 Å². The molecule has 4 nitrogen and oxygen atoms in total. The topological polar surface area (TPSA) is 69.6 Å². The fraction of sp³-hybridized carbons (Fsp3) is 0.650. The molecule has 0 bridgehead atoms. The molecule has 0 radical (unpaired) electrons. The number of allylic oxidation sites excluding steroid dienone is 20. The van der Waals surface area contributed by atoms with E-state index in [4.69, 9.17) is 0 Å². The van der Waals surface area contributed by atoms with Crippen LogP contribution in [0.1, 0.15) is 232 Å². The Morgan fingerprint density at radius 1 is 0.391 bits per heavy atom. The number of hydrogen-bond acceptors (Lipinski definition) is 3. The van der Waals surface area contributed by atoms with Gasteiger partial charge in [-0.2, -0.15) is 0 Å². The van der Waals surface area contributed by atoms with Gasteiger partial charge in [0.15, 0.2) is 0 Å². The molecule has 0 aliphatic rings. The zero-order valence-electron chi connectivity index (χ0n) is 41.8. The molecular formula is C60H101NO3. The first-order valence-electron chi connectivity index (χ1n) is 26.7. The number of nitrogens with one attached hydrogen (secondary N) is 1. The van der Waals surface area contributed by atoms with Crippen molar-refractivity contribution in [2.75, 3.05) is 6.61 Å². The maximum Gasteiger partial charge on any atom is 0.220 e. The Bertz CT molecular complexity index is 1280. The molecule has 1 amide bonds. The molecule has 2 atom stereocenters. The van der Waals surface area contributed by atoms with Crippen molar-refractivity contribution in [3.8, 4) is 0 Å². The lowest BCUT2D eigenvalue weighted by atomic mass is 10.0. The maximum absolute atomic E-state index is 12.5. The Hall–Kier alpha value is -3.21. The molecule has 0 fully saturated rings. The molecule has 4 heteroatoms. The molecule has 0 aromatic carbocycles. The van der Waals surface area contributed by atoms with E-state index in [1.807, 2.05) is 0 Å². The summed E-state index contributed by atoms with van der Waals surface area (Å²) in [6.07, 6.45) is 83.0. The van der Waals surface area contributed by atoms with Gasteiger partial charge in [-0.25, -0.2) is 0 Å². The first kappa shape index (κ1) is 60.8. The second-order valence-corrected chi connectivity index (χ2v) is 17.6. The summed E-state index contributed by atoms with van der Waals surface area (Å²) in [6.45, 7) is 4.23. The van der Waals surface area contributed by atoms with Crippen molar-refractivity contribution in [3.05, 3.63) is 122 Å². The van der Waals surface area contributed by atoms with Crippen LogP contribution in [0.5, 0.6) is 0 Å². The van der Waals surface area contributed by atoms with Crippen molar-refractivity contribution >= 4 is 5.91 Å². The van der Waals surface area contributed by atoms with Crippen molar-refractivity contribution in [1.29, 1.82) is 0 Å². The lowest BCUT2D eigenvalue weighted by Gasteiger charge is -2.22. The van der Waals surface area contributed by atoms with Gasteiger partial charge in [0.05, 0.1) is 18.8 Å². The molecule has 0 saturated carbocycles. The highest BCUT2D eigenvalue weighted by molar-refractivity contribution is 5.76. The number of carbonyl (C=O) groups excluding carboxylic acids is 1. The van der Waals surface area contributed by atoms with Crippen LogP contribution in [0.4, 0.5) is 0 Å². The van der Waals surface area contributed by atoms with E-state index in [2.05, 4.69) is 141 Å². The van der Waals surface area contributed by atoms with Crippen LogP contribution in [0.15, 0.2) is 122 Å².